The molecule has 5 rings (SSSR count). The summed E-state index contributed by atoms with van der Waals surface area (Å²) in [6.07, 6.45) is -4.36. The van der Waals surface area contributed by atoms with Crippen molar-refractivity contribution in [3.8, 4) is 5.75 Å². The standard InChI is InChI=1S/C29H35ClFN6O7P/c1-16(2)42-28(39)17(3)36-45(40,44-21-12-8-10-19-9-6-7-11-20(19)21)41-14-29(13-30)24(38)22(31)27(43-29)37-15-33-23-25(32-5)34-18(4)35-26(23)37/h6-12,15-17,22,24,27,38H,13-14H2,1-5H3,(H,36,40)(H,32,34,35)/t17-,22-,24-,27+,29+,45+/m0/s1. The Balaban J connectivity index is 1.45. The van der Waals surface area contributed by atoms with Gasteiger partial charge in [-0.15, -0.1) is 11.6 Å². The average molecular weight is 665 g/mol. The highest BCUT2D eigenvalue weighted by Gasteiger charge is 2.57. The van der Waals surface area contributed by atoms with E-state index in [1.165, 1.54) is 17.8 Å². The Morgan fingerprint density at radius 3 is 2.67 bits per heavy atom. The number of alkyl halides is 2. The van der Waals surface area contributed by atoms with Crippen molar-refractivity contribution in [1.29, 1.82) is 0 Å². The molecular formula is C29H35ClFN6O7P. The molecule has 1 aliphatic heterocycles. The quantitative estimate of drug-likeness (QED) is 0.109. The zero-order valence-electron chi connectivity index (χ0n) is 25.3. The van der Waals surface area contributed by atoms with Crippen LogP contribution in [0.5, 0.6) is 5.75 Å². The molecule has 2 aromatic heterocycles. The van der Waals surface area contributed by atoms with E-state index in [0.29, 0.717) is 22.5 Å². The maximum atomic E-state index is 15.8. The molecule has 1 saturated heterocycles. The molecule has 1 aliphatic rings. The summed E-state index contributed by atoms with van der Waals surface area (Å²) < 4.78 is 54.6. The molecule has 0 radical (unpaired) electrons. The molecule has 6 atom stereocenters. The van der Waals surface area contributed by atoms with Crippen molar-refractivity contribution in [2.75, 3.05) is 24.9 Å². The van der Waals surface area contributed by atoms with E-state index in [2.05, 4.69) is 25.4 Å². The van der Waals surface area contributed by atoms with Crippen LogP contribution in [0.2, 0.25) is 0 Å². The average Bonchev–Trinajstić information content (AvgIpc) is 3.54. The highest BCUT2D eigenvalue weighted by molar-refractivity contribution is 7.52. The van der Waals surface area contributed by atoms with E-state index >= 15 is 4.39 Å². The molecule has 0 saturated carbocycles. The van der Waals surface area contributed by atoms with Crippen LogP contribution in [-0.2, 0) is 23.4 Å². The number of aromatic nitrogens is 4. The molecule has 0 spiro atoms. The molecule has 13 nitrogen and oxygen atoms in total. The molecule has 0 aliphatic carbocycles. The van der Waals surface area contributed by atoms with Crippen molar-refractivity contribution < 1.29 is 37.4 Å². The summed E-state index contributed by atoms with van der Waals surface area (Å²) in [7, 11) is -2.79. The van der Waals surface area contributed by atoms with Gasteiger partial charge < -0.3 is 24.4 Å². The number of aryl methyl sites for hydroxylation is 1. The van der Waals surface area contributed by atoms with Crippen molar-refractivity contribution in [3.63, 3.8) is 0 Å². The van der Waals surface area contributed by atoms with Crippen LogP contribution in [0.4, 0.5) is 10.2 Å². The molecule has 1 fully saturated rings. The number of aliphatic hydroxyl groups is 1. The molecule has 3 heterocycles. The van der Waals surface area contributed by atoms with Crippen LogP contribution in [0.15, 0.2) is 48.8 Å². The van der Waals surface area contributed by atoms with Gasteiger partial charge in [0.15, 0.2) is 29.4 Å². The maximum Gasteiger partial charge on any atom is 0.459 e. The van der Waals surface area contributed by atoms with E-state index in [1.807, 2.05) is 18.2 Å². The van der Waals surface area contributed by atoms with Gasteiger partial charge in [-0.2, -0.15) is 5.09 Å². The number of rotatable bonds is 12. The summed E-state index contributed by atoms with van der Waals surface area (Å²) >= 11 is 6.31. The van der Waals surface area contributed by atoms with Gasteiger partial charge >= 0.3 is 13.7 Å². The second-order valence-electron chi connectivity index (χ2n) is 11.0. The van der Waals surface area contributed by atoms with Gasteiger partial charge in [-0.25, -0.2) is 23.9 Å². The van der Waals surface area contributed by atoms with Crippen molar-refractivity contribution in [2.24, 2.45) is 0 Å². The fraction of sp³-hybridized carbons (Fsp3) is 0.448. The van der Waals surface area contributed by atoms with E-state index < -0.39 is 62.5 Å². The van der Waals surface area contributed by atoms with Gasteiger partial charge in [-0.1, -0.05) is 36.4 Å². The zero-order chi connectivity index (χ0) is 32.5. The second kappa shape index (κ2) is 13.1. The van der Waals surface area contributed by atoms with E-state index in [9.17, 15) is 14.5 Å². The first-order valence-electron chi connectivity index (χ1n) is 14.3. The summed E-state index contributed by atoms with van der Waals surface area (Å²) in [5.41, 5.74) is -1.26. The zero-order valence-corrected chi connectivity index (χ0v) is 27.0. The number of nitrogens with zero attached hydrogens (tertiary/aromatic N) is 4. The second-order valence-corrected chi connectivity index (χ2v) is 12.9. The lowest BCUT2D eigenvalue weighted by Crippen LogP contribution is -2.48. The SMILES string of the molecule is CNc1nc(C)nc2c1ncn2[C@@H]1O[C@](CCl)(CO[P@](=O)(N[C@@H](C)C(=O)OC(C)C)Oc2cccc3ccccc23)[C@@H](O)[C@@H]1F. The van der Waals surface area contributed by atoms with E-state index in [1.54, 1.807) is 52.1 Å². The van der Waals surface area contributed by atoms with Crippen molar-refractivity contribution in [1.82, 2.24) is 24.6 Å². The van der Waals surface area contributed by atoms with Gasteiger partial charge in [-0.3, -0.25) is 13.9 Å². The molecule has 2 aromatic carbocycles. The Morgan fingerprint density at radius 1 is 1.22 bits per heavy atom. The third-order valence-electron chi connectivity index (χ3n) is 7.24. The smallest absolute Gasteiger partial charge is 0.459 e. The fourth-order valence-electron chi connectivity index (χ4n) is 5.00. The monoisotopic (exact) mass is 664 g/mol. The minimum Gasteiger partial charge on any atom is -0.462 e. The highest BCUT2D eigenvalue weighted by Crippen LogP contribution is 2.50. The number of anilines is 1. The predicted octanol–water partition coefficient (Wildman–Crippen LogP) is 4.67. The summed E-state index contributed by atoms with van der Waals surface area (Å²) in [5.74, 6) is -0.124. The summed E-state index contributed by atoms with van der Waals surface area (Å²) in [5, 5.41) is 18.1. The van der Waals surface area contributed by atoms with Crippen molar-refractivity contribution >= 4 is 53.1 Å². The van der Waals surface area contributed by atoms with E-state index in [-0.39, 0.29) is 11.4 Å². The number of nitrogens with one attached hydrogen (secondary N) is 2. The maximum absolute atomic E-state index is 15.8. The molecule has 16 heteroatoms. The lowest BCUT2D eigenvalue weighted by Gasteiger charge is -2.31. The third kappa shape index (κ3) is 6.62. The first-order chi connectivity index (χ1) is 21.4. The summed E-state index contributed by atoms with van der Waals surface area (Å²) in [6.45, 7) is 5.78. The number of carbonyl (C=O) groups excluding carboxylic acids is 1. The summed E-state index contributed by atoms with van der Waals surface area (Å²) in [6, 6.07) is 11.3. The van der Waals surface area contributed by atoms with Crippen LogP contribution >= 0.6 is 19.3 Å². The lowest BCUT2D eigenvalue weighted by molar-refractivity contribution is -0.149. The Labute approximate surface area is 264 Å². The van der Waals surface area contributed by atoms with Crippen molar-refractivity contribution in [3.05, 3.63) is 54.6 Å². The first kappa shape index (κ1) is 33.0. The lowest BCUT2D eigenvalue weighted by atomic mass is 9.99. The number of fused-ring (bicyclic) bond motifs is 2. The molecular weight excluding hydrogens is 630 g/mol. The Bertz CT molecular complexity index is 1740. The molecule has 45 heavy (non-hydrogen) atoms. The molecule has 0 bridgehead atoms. The normalized spacial score (nSPS) is 23.7. The number of hydrogen-bond acceptors (Lipinski definition) is 11. The Kier molecular flexibility index (Phi) is 9.64. The topological polar surface area (TPSA) is 159 Å². The number of ether oxygens (including phenoxy) is 2. The largest absolute Gasteiger partial charge is 0.462 e. The van der Waals surface area contributed by atoms with Crippen molar-refractivity contribution in [2.45, 2.75) is 63.9 Å². The molecule has 3 N–H and O–H groups in total. The number of aliphatic hydroxyl groups excluding tert-OH is 1. The van der Waals surface area contributed by atoms with Gasteiger partial charge in [0.1, 0.15) is 29.3 Å². The van der Waals surface area contributed by atoms with Gasteiger partial charge in [0, 0.05) is 12.4 Å². The fourth-order valence-corrected chi connectivity index (χ4v) is 6.86. The van der Waals surface area contributed by atoms with Crippen LogP contribution < -0.4 is 14.9 Å². The molecule has 242 valence electrons. The Hall–Kier alpha value is -3.39. The Morgan fingerprint density at radius 2 is 1.96 bits per heavy atom. The first-order valence-corrected chi connectivity index (χ1v) is 16.3. The number of hydrogen-bond donors (Lipinski definition) is 3. The highest BCUT2D eigenvalue weighted by atomic mass is 35.5. The van der Waals surface area contributed by atoms with Crippen LogP contribution in [0, 0.1) is 6.92 Å². The third-order valence-corrected chi connectivity index (χ3v) is 9.31. The minimum atomic E-state index is -4.46. The number of benzene rings is 2. The minimum absolute atomic E-state index is 0.197. The van der Waals surface area contributed by atoms with E-state index in [0.717, 1.165) is 5.39 Å². The number of halogens is 2. The van der Waals surface area contributed by atoms with Gasteiger partial charge in [0.25, 0.3) is 0 Å². The molecule has 0 unspecified atom stereocenters. The number of esters is 1. The van der Waals surface area contributed by atoms with Gasteiger partial charge in [-0.05, 0) is 39.1 Å². The van der Waals surface area contributed by atoms with Gasteiger partial charge in [0.2, 0.25) is 0 Å². The van der Waals surface area contributed by atoms with Gasteiger partial charge in [0.05, 0.1) is 24.9 Å². The molecule has 0 amide bonds. The van der Waals surface area contributed by atoms with E-state index in [4.69, 9.17) is 30.1 Å². The van der Waals surface area contributed by atoms with Crippen LogP contribution in [-0.4, -0.2) is 80.2 Å². The van der Waals surface area contributed by atoms with Crippen LogP contribution in [0.1, 0.15) is 32.8 Å². The summed E-state index contributed by atoms with van der Waals surface area (Å²) in [4.78, 5) is 25.6. The number of carbonyl (C=O) groups is 1. The number of imidazole rings is 1. The molecule has 4 aromatic rings. The van der Waals surface area contributed by atoms with Crippen LogP contribution in [0.3, 0.4) is 0 Å². The van der Waals surface area contributed by atoms with Crippen LogP contribution in [0.25, 0.3) is 21.9 Å². The predicted molar refractivity (Wildman–Crippen MR) is 166 cm³/mol.